The van der Waals surface area contributed by atoms with E-state index in [2.05, 4.69) is 15.9 Å². The van der Waals surface area contributed by atoms with Crippen molar-refractivity contribution in [2.75, 3.05) is 12.8 Å². The smallest absolute Gasteiger partial charge is 0.354 e. The number of hydrogen-bond donors (Lipinski definition) is 1. The van der Waals surface area contributed by atoms with E-state index in [1.54, 1.807) is 22.8 Å². The van der Waals surface area contributed by atoms with Crippen LogP contribution in [0.1, 0.15) is 21.6 Å². The molecule has 6 heteroatoms. The first kappa shape index (κ1) is 18.2. The Morgan fingerprint density at radius 3 is 2.54 bits per heavy atom. The van der Waals surface area contributed by atoms with E-state index in [1.165, 1.54) is 19.2 Å². The van der Waals surface area contributed by atoms with Crippen LogP contribution in [0.4, 0.5) is 10.1 Å². The van der Waals surface area contributed by atoms with Crippen LogP contribution in [0.3, 0.4) is 0 Å². The van der Waals surface area contributed by atoms with E-state index in [1.807, 2.05) is 25.3 Å². The van der Waals surface area contributed by atoms with Crippen molar-refractivity contribution in [3.63, 3.8) is 0 Å². The molecule has 0 fully saturated rings. The van der Waals surface area contributed by atoms with Crippen molar-refractivity contribution >= 4 is 27.6 Å². The maximum atomic E-state index is 13.2. The molecule has 0 atom stereocenters. The van der Waals surface area contributed by atoms with Gasteiger partial charge in [-0.1, -0.05) is 28.1 Å². The van der Waals surface area contributed by atoms with Gasteiger partial charge in [0.05, 0.1) is 7.11 Å². The maximum absolute atomic E-state index is 13.2. The molecule has 1 heterocycles. The Balaban J connectivity index is 2.05. The van der Waals surface area contributed by atoms with Gasteiger partial charge >= 0.3 is 5.97 Å². The monoisotopic (exact) mass is 416 g/mol. The van der Waals surface area contributed by atoms with Crippen LogP contribution < -0.4 is 5.73 Å². The molecule has 134 valence electrons. The normalized spacial score (nSPS) is 10.8. The summed E-state index contributed by atoms with van der Waals surface area (Å²) in [5.41, 5.74) is 10.8. The van der Waals surface area contributed by atoms with Gasteiger partial charge in [0.15, 0.2) is 0 Å². The molecule has 3 rings (SSSR count). The quantitative estimate of drug-likeness (QED) is 0.491. The highest BCUT2D eigenvalue weighted by Crippen LogP contribution is 2.27. The van der Waals surface area contributed by atoms with Gasteiger partial charge in [-0.05, 0) is 53.9 Å². The van der Waals surface area contributed by atoms with E-state index in [9.17, 15) is 9.18 Å². The molecule has 1 aromatic heterocycles. The summed E-state index contributed by atoms with van der Waals surface area (Å²) in [6.45, 7) is 2.35. The lowest BCUT2D eigenvalue weighted by Gasteiger charge is -2.12. The minimum atomic E-state index is -0.441. The molecular weight excluding hydrogens is 399 g/mol. The number of aromatic nitrogens is 1. The molecule has 4 nitrogen and oxygen atoms in total. The largest absolute Gasteiger partial charge is 0.464 e. The highest BCUT2D eigenvalue weighted by atomic mass is 79.9. The molecule has 26 heavy (non-hydrogen) atoms. The van der Waals surface area contributed by atoms with Crippen molar-refractivity contribution in [2.24, 2.45) is 0 Å². The third-order valence-electron chi connectivity index (χ3n) is 4.25. The third-order valence-corrected chi connectivity index (χ3v) is 4.70. The number of anilines is 1. The number of hydrogen-bond acceptors (Lipinski definition) is 3. The first-order chi connectivity index (χ1) is 12.4. The summed E-state index contributed by atoms with van der Waals surface area (Å²) in [7, 11) is 1.34. The van der Waals surface area contributed by atoms with Gasteiger partial charge in [-0.2, -0.15) is 0 Å². The van der Waals surface area contributed by atoms with Crippen molar-refractivity contribution in [3.05, 3.63) is 75.8 Å². The molecule has 0 aliphatic heterocycles. The number of methoxy groups -OCH3 is 1. The van der Waals surface area contributed by atoms with E-state index in [-0.39, 0.29) is 5.82 Å². The van der Waals surface area contributed by atoms with Crippen molar-refractivity contribution in [1.29, 1.82) is 0 Å². The lowest BCUT2D eigenvalue weighted by Crippen LogP contribution is -2.12. The Morgan fingerprint density at radius 2 is 1.88 bits per heavy atom. The second kappa shape index (κ2) is 7.33. The van der Waals surface area contributed by atoms with Gasteiger partial charge in [-0.25, -0.2) is 9.18 Å². The average molecular weight is 417 g/mol. The standard InChI is InChI=1S/C20H18BrFN2O2/c1-12-7-16(21)8-15(19(12)23)11-24-10-14(9-18(24)20(25)26-2)13-3-5-17(22)6-4-13/h3-10H,11,23H2,1-2H3. The Bertz CT molecular complexity index is 965. The zero-order valence-electron chi connectivity index (χ0n) is 14.4. The SMILES string of the molecule is COC(=O)c1cc(-c2ccc(F)cc2)cn1Cc1cc(Br)cc(C)c1N. The number of nitrogens with zero attached hydrogens (tertiary/aromatic N) is 1. The summed E-state index contributed by atoms with van der Waals surface area (Å²) in [6.07, 6.45) is 1.84. The molecule has 0 aliphatic rings. The number of carbonyl (C=O) groups is 1. The predicted octanol–water partition coefficient (Wildman–Crippen LogP) is 4.78. The van der Waals surface area contributed by atoms with Crippen molar-refractivity contribution in [3.8, 4) is 11.1 Å². The van der Waals surface area contributed by atoms with Gasteiger partial charge in [0.25, 0.3) is 0 Å². The summed E-state index contributed by atoms with van der Waals surface area (Å²) in [6, 6.07) is 11.7. The van der Waals surface area contributed by atoms with Gasteiger partial charge < -0.3 is 15.0 Å². The van der Waals surface area contributed by atoms with E-state index in [4.69, 9.17) is 10.5 Å². The van der Waals surface area contributed by atoms with E-state index >= 15 is 0 Å². The number of nitrogens with two attached hydrogens (primary N) is 1. The van der Waals surface area contributed by atoms with Crippen molar-refractivity contribution in [1.82, 2.24) is 4.57 Å². The Labute approximate surface area is 159 Å². The number of halogens is 2. The first-order valence-corrected chi connectivity index (χ1v) is 8.77. The molecule has 2 aromatic carbocycles. The van der Waals surface area contributed by atoms with E-state index in [0.29, 0.717) is 17.9 Å². The van der Waals surface area contributed by atoms with Crippen molar-refractivity contribution in [2.45, 2.75) is 13.5 Å². The number of benzene rings is 2. The second-order valence-corrected chi connectivity index (χ2v) is 6.95. The molecule has 0 saturated carbocycles. The summed E-state index contributed by atoms with van der Waals surface area (Å²) >= 11 is 3.48. The van der Waals surface area contributed by atoms with Crippen LogP contribution in [0.5, 0.6) is 0 Å². The molecular formula is C20H18BrFN2O2. The minimum Gasteiger partial charge on any atom is -0.464 e. The number of esters is 1. The number of ether oxygens (including phenoxy) is 1. The highest BCUT2D eigenvalue weighted by molar-refractivity contribution is 9.10. The van der Waals surface area contributed by atoms with Crippen LogP contribution in [0.15, 0.2) is 53.1 Å². The van der Waals surface area contributed by atoms with Gasteiger partial charge in [-0.15, -0.1) is 0 Å². The fourth-order valence-corrected chi connectivity index (χ4v) is 3.47. The number of aryl methyl sites for hydroxylation is 1. The van der Waals surface area contributed by atoms with Crippen LogP contribution in [0.2, 0.25) is 0 Å². The van der Waals surface area contributed by atoms with Gasteiger partial charge in [-0.3, -0.25) is 0 Å². The number of carbonyl (C=O) groups excluding carboxylic acids is 1. The van der Waals surface area contributed by atoms with Crippen molar-refractivity contribution < 1.29 is 13.9 Å². The van der Waals surface area contributed by atoms with Crippen LogP contribution in [0, 0.1) is 12.7 Å². The van der Waals surface area contributed by atoms with E-state index < -0.39 is 5.97 Å². The predicted molar refractivity (Wildman–Crippen MR) is 104 cm³/mol. The topological polar surface area (TPSA) is 57.2 Å². The number of nitrogen functional groups attached to an aromatic ring is 1. The molecule has 2 N–H and O–H groups in total. The Kier molecular flexibility index (Phi) is 5.13. The maximum Gasteiger partial charge on any atom is 0.354 e. The van der Waals surface area contributed by atoms with Gasteiger partial charge in [0.2, 0.25) is 0 Å². The molecule has 0 aliphatic carbocycles. The summed E-state index contributed by atoms with van der Waals surface area (Å²) in [4.78, 5) is 12.2. The molecule has 0 amide bonds. The molecule has 0 radical (unpaired) electrons. The summed E-state index contributed by atoms with van der Waals surface area (Å²) in [5.74, 6) is -0.748. The number of rotatable bonds is 4. The lowest BCUT2D eigenvalue weighted by molar-refractivity contribution is 0.0589. The minimum absolute atomic E-state index is 0.307. The second-order valence-electron chi connectivity index (χ2n) is 6.04. The summed E-state index contributed by atoms with van der Waals surface area (Å²) < 4.78 is 20.8. The highest BCUT2D eigenvalue weighted by Gasteiger charge is 2.17. The fraction of sp³-hybridized carbons (Fsp3) is 0.150. The van der Waals surface area contributed by atoms with E-state index in [0.717, 1.165) is 26.7 Å². The zero-order chi connectivity index (χ0) is 18.8. The average Bonchev–Trinajstić information content (AvgIpc) is 3.03. The molecule has 3 aromatic rings. The Hall–Kier alpha value is -2.60. The molecule has 0 saturated heterocycles. The van der Waals surface area contributed by atoms with Gasteiger partial charge in [0.1, 0.15) is 11.5 Å². The molecule has 0 bridgehead atoms. The van der Waals surface area contributed by atoms with Crippen LogP contribution in [-0.2, 0) is 11.3 Å². The molecule has 0 unspecified atom stereocenters. The van der Waals surface area contributed by atoms with Crippen LogP contribution >= 0.6 is 15.9 Å². The fourth-order valence-electron chi connectivity index (χ4n) is 2.85. The lowest BCUT2D eigenvalue weighted by atomic mass is 10.1. The third kappa shape index (κ3) is 3.65. The first-order valence-electron chi connectivity index (χ1n) is 7.98. The van der Waals surface area contributed by atoms with Crippen LogP contribution in [-0.4, -0.2) is 17.6 Å². The van der Waals surface area contributed by atoms with Crippen LogP contribution in [0.25, 0.3) is 11.1 Å². The molecule has 0 spiro atoms. The Morgan fingerprint density at radius 1 is 1.19 bits per heavy atom. The zero-order valence-corrected chi connectivity index (χ0v) is 16.0. The van der Waals surface area contributed by atoms with Gasteiger partial charge in [0, 0.05) is 28.5 Å². The summed E-state index contributed by atoms with van der Waals surface area (Å²) in [5, 5.41) is 0.